The molecule has 0 aliphatic heterocycles. The summed E-state index contributed by atoms with van der Waals surface area (Å²) >= 11 is 0. The van der Waals surface area contributed by atoms with Gasteiger partial charge in [0.15, 0.2) is 0 Å². The Morgan fingerprint density at radius 1 is 0.760 bits per heavy atom. The number of nitrogens with one attached hydrogen (secondary N) is 3. The third kappa shape index (κ3) is 10.3. The lowest BCUT2D eigenvalue weighted by molar-refractivity contribution is 0.0825. The molecular formula is C38H46N4O7S. The van der Waals surface area contributed by atoms with E-state index in [0.29, 0.717) is 12.2 Å². The summed E-state index contributed by atoms with van der Waals surface area (Å²) in [5, 5.41) is 20.7. The number of nitrogens with zero attached hydrogens (tertiary/aromatic N) is 1. The van der Waals surface area contributed by atoms with E-state index in [1.165, 1.54) is 25.2 Å². The minimum Gasteiger partial charge on any atom is -0.497 e. The van der Waals surface area contributed by atoms with Crippen LogP contribution in [0.4, 0.5) is 5.69 Å². The molecule has 0 saturated carbocycles. The van der Waals surface area contributed by atoms with Gasteiger partial charge in [-0.2, -0.15) is 0 Å². The van der Waals surface area contributed by atoms with Crippen LogP contribution in [0.2, 0.25) is 0 Å². The number of hydrogen-bond acceptors (Lipinski definition) is 8. The number of ether oxygens (including phenoxy) is 2. The van der Waals surface area contributed by atoms with Crippen molar-refractivity contribution < 1.29 is 32.6 Å². The maximum atomic E-state index is 13.9. The molecule has 0 heterocycles. The molecule has 2 amide bonds. The second kappa shape index (κ2) is 17.1. The Hall–Kier alpha value is -4.91. The summed E-state index contributed by atoms with van der Waals surface area (Å²) in [6.45, 7) is 3.94. The Labute approximate surface area is 294 Å². The highest BCUT2D eigenvalue weighted by Gasteiger charge is 2.25. The summed E-state index contributed by atoms with van der Waals surface area (Å²) in [6.07, 6.45) is 0.341. The van der Waals surface area contributed by atoms with E-state index in [-0.39, 0.29) is 29.4 Å². The Balaban J connectivity index is 1.60. The van der Waals surface area contributed by atoms with Gasteiger partial charge >= 0.3 is 0 Å². The molecule has 0 saturated heterocycles. The highest BCUT2D eigenvalue weighted by Crippen LogP contribution is 2.24. The maximum absolute atomic E-state index is 13.9. The third-order valence-electron chi connectivity index (χ3n) is 8.55. The molecule has 0 aromatic heterocycles. The monoisotopic (exact) mass is 702 g/mol. The van der Waals surface area contributed by atoms with Crippen molar-refractivity contribution in [2.75, 3.05) is 38.4 Å². The molecule has 4 unspecified atom stereocenters. The molecule has 0 aliphatic rings. The largest absolute Gasteiger partial charge is 0.497 e. The zero-order valence-electron chi connectivity index (χ0n) is 29.2. The molecule has 0 bridgehead atoms. The van der Waals surface area contributed by atoms with Gasteiger partial charge in [-0.05, 0) is 79.4 Å². The standard InChI is InChI=1S/C38H46N4O7S/c1-25(28-14-10-16-33(22-28)48-4)39-24-36(43)35(18-27-12-8-7-9-13-27)41-38(45)31-19-30(20-32(21-31)42(3)50(6,46)47)37(44)40-26(2)29-15-11-17-34(23-29)49-5/h7-17,19-23,25-26,35-36,39,43H,18,24H2,1-6H3,(H,40,44)(H,41,45). The first-order chi connectivity index (χ1) is 23.8. The van der Waals surface area contributed by atoms with Crippen LogP contribution in [0.3, 0.4) is 0 Å². The van der Waals surface area contributed by atoms with Gasteiger partial charge < -0.3 is 30.5 Å². The topological polar surface area (TPSA) is 146 Å². The predicted octanol–water partition coefficient (Wildman–Crippen LogP) is 4.64. The molecule has 4 aromatic carbocycles. The number of amides is 2. The molecular weight excluding hydrogens is 657 g/mol. The van der Waals surface area contributed by atoms with Crippen LogP contribution in [-0.2, 0) is 16.4 Å². The van der Waals surface area contributed by atoms with E-state index in [0.717, 1.165) is 33.0 Å². The first kappa shape index (κ1) is 37.9. The number of hydrogen-bond donors (Lipinski definition) is 4. The fourth-order valence-electron chi connectivity index (χ4n) is 5.39. The van der Waals surface area contributed by atoms with Gasteiger partial charge in [0, 0.05) is 30.8 Å². The van der Waals surface area contributed by atoms with Crippen LogP contribution in [0.1, 0.15) is 63.3 Å². The van der Waals surface area contributed by atoms with Crippen molar-refractivity contribution in [3.05, 3.63) is 125 Å². The first-order valence-corrected chi connectivity index (χ1v) is 18.1. The van der Waals surface area contributed by atoms with Crippen LogP contribution in [0.25, 0.3) is 0 Å². The van der Waals surface area contributed by atoms with E-state index in [9.17, 15) is 23.1 Å². The maximum Gasteiger partial charge on any atom is 0.251 e. The zero-order chi connectivity index (χ0) is 36.4. The van der Waals surface area contributed by atoms with Gasteiger partial charge in [-0.15, -0.1) is 0 Å². The van der Waals surface area contributed by atoms with Gasteiger partial charge in [-0.1, -0.05) is 54.6 Å². The van der Waals surface area contributed by atoms with Crippen molar-refractivity contribution in [1.29, 1.82) is 0 Å². The van der Waals surface area contributed by atoms with Crippen LogP contribution < -0.4 is 29.7 Å². The zero-order valence-corrected chi connectivity index (χ0v) is 30.0. The summed E-state index contributed by atoms with van der Waals surface area (Å²) in [4.78, 5) is 27.5. The smallest absolute Gasteiger partial charge is 0.251 e. The molecule has 4 atom stereocenters. The van der Waals surface area contributed by atoms with E-state index in [1.54, 1.807) is 20.3 Å². The van der Waals surface area contributed by atoms with E-state index in [2.05, 4.69) is 16.0 Å². The highest BCUT2D eigenvalue weighted by atomic mass is 32.2. The quantitative estimate of drug-likeness (QED) is 0.132. The molecule has 0 radical (unpaired) electrons. The lowest BCUT2D eigenvalue weighted by Crippen LogP contribution is -2.49. The summed E-state index contributed by atoms with van der Waals surface area (Å²) in [5.41, 5.74) is 2.95. The molecule has 0 fully saturated rings. The molecule has 11 nitrogen and oxygen atoms in total. The molecule has 0 spiro atoms. The summed E-state index contributed by atoms with van der Waals surface area (Å²) in [7, 11) is 0.776. The fourth-order valence-corrected chi connectivity index (χ4v) is 5.88. The number of aliphatic hydroxyl groups excluding tert-OH is 1. The van der Waals surface area contributed by atoms with E-state index >= 15 is 0 Å². The second-order valence-corrected chi connectivity index (χ2v) is 14.2. The summed E-state index contributed by atoms with van der Waals surface area (Å²) in [6, 6.07) is 27.3. The van der Waals surface area contributed by atoms with Crippen LogP contribution in [0.5, 0.6) is 11.5 Å². The number of anilines is 1. The fraction of sp³-hybridized carbons (Fsp3) is 0.316. The van der Waals surface area contributed by atoms with Gasteiger partial charge in [-0.25, -0.2) is 8.42 Å². The van der Waals surface area contributed by atoms with Crippen molar-refractivity contribution in [2.45, 2.75) is 44.5 Å². The van der Waals surface area contributed by atoms with Crippen molar-refractivity contribution >= 4 is 27.5 Å². The minimum atomic E-state index is -3.73. The number of methoxy groups -OCH3 is 2. The average Bonchev–Trinajstić information content (AvgIpc) is 3.12. The lowest BCUT2D eigenvalue weighted by Gasteiger charge is -2.27. The Kier molecular flexibility index (Phi) is 13.0. The predicted molar refractivity (Wildman–Crippen MR) is 195 cm³/mol. The van der Waals surface area contributed by atoms with E-state index in [4.69, 9.17) is 9.47 Å². The summed E-state index contributed by atoms with van der Waals surface area (Å²) in [5.74, 6) is 0.271. The number of carbonyl (C=O) groups excluding carboxylic acids is 2. The molecule has 4 aromatic rings. The van der Waals surface area contributed by atoms with Gasteiger partial charge in [-0.3, -0.25) is 13.9 Å². The Morgan fingerprint density at radius 3 is 1.84 bits per heavy atom. The number of sulfonamides is 1. The second-order valence-electron chi connectivity index (χ2n) is 12.2. The molecule has 266 valence electrons. The number of carbonyl (C=O) groups is 2. The normalized spacial score (nSPS) is 13.7. The van der Waals surface area contributed by atoms with E-state index < -0.39 is 40.0 Å². The van der Waals surface area contributed by atoms with Gasteiger partial charge in [0.2, 0.25) is 10.0 Å². The van der Waals surface area contributed by atoms with Crippen LogP contribution in [-0.4, -0.2) is 71.6 Å². The van der Waals surface area contributed by atoms with Gasteiger partial charge in [0.05, 0.1) is 44.4 Å². The third-order valence-corrected chi connectivity index (χ3v) is 9.76. The van der Waals surface area contributed by atoms with E-state index in [1.807, 2.05) is 86.6 Å². The van der Waals surface area contributed by atoms with Crippen molar-refractivity contribution in [3.63, 3.8) is 0 Å². The molecule has 4 rings (SSSR count). The van der Waals surface area contributed by atoms with Gasteiger partial charge in [0.1, 0.15) is 11.5 Å². The minimum absolute atomic E-state index is 0.0557. The number of aliphatic hydroxyl groups is 1. The van der Waals surface area contributed by atoms with Crippen molar-refractivity contribution in [3.8, 4) is 11.5 Å². The molecule has 12 heteroatoms. The lowest BCUT2D eigenvalue weighted by atomic mass is 9.99. The summed E-state index contributed by atoms with van der Waals surface area (Å²) < 4.78 is 36.7. The molecule has 4 N–H and O–H groups in total. The van der Waals surface area contributed by atoms with Crippen molar-refractivity contribution in [2.24, 2.45) is 0 Å². The number of rotatable bonds is 16. The first-order valence-electron chi connectivity index (χ1n) is 16.2. The number of benzene rings is 4. The Bertz CT molecular complexity index is 1870. The van der Waals surface area contributed by atoms with Crippen molar-refractivity contribution in [1.82, 2.24) is 16.0 Å². The SMILES string of the molecule is COc1cccc(C(C)NCC(O)C(Cc2ccccc2)NC(=O)c2cc(C(=O)NC(C)c3cccc(OC)c3)cc(N(C)S(C)(=O)=O)c2)c1. The highest BCUT2D eigenvalue weighted by molar-refractivity contribution is 7.92. The molecule has 50 heavy (non-hydrogen) atoms. The van der Waals surface area contributed by atoms with Gasteiger partial charge in [0.25, 0.3) is 11.8 Å². The van der Waals surface area contributed by atoms with Crippen LogP contribution in [0.15, 0.2) is 97.1 Å². The average molecular weight is 703 g/mol. The van der Waals surface area contributed by atoms with Crippen LogP contribution >= 0.6 is 0 Å². The Morgan fingerprint density at radius 2 is 1.30 bits per heavy atom. The molecule has 0 aliphatic carbocycles. The van der Waals surface area contributed by atoms with Crippen LogP contribution in [0, 0.1) is 0 Å².